The number of alkyl carbamates (subject to hydrolysis) is 1. The average molecular weight is 810 g/mol. The highest BCUT2D eigenvalue weighted by Crippen LogP contribution is 2.44. The standard InChI is InChI=1S/C40H47N3O15/c1-6-20-53-32(48)18-19-41-37(49)30(42-40(51)54-21-29-27-14-9-7-12-25(27)26-13-8-10-15-28(26)29)16-11-17-31(47)43-38-35(57-24(4)46)33(55-22(2)44)34(56-23(3)45)36(58-38)39(50)52-5/h6-10,12-15,29-30,33-36,38H,1,11,16-21H2,2-5H3,(H,41,49)(H,42,51)(H,43,47)/t30-,33-,34-,35+,36-,38-/m0/s1. The van der Waals surface area contributed by atoms with Crippen molar-refractivity contribution >= 4 is 47.8 Å². The Bertz CT molecular complexity index is 1820. The van der Waals surface area contributed by atoms with Crippen molar-refractivity contribution in [1.29, 1.82) is 0 Å². The Morgan fingerprint density at radius 2 is 1.38 bits per heavy atom. The van der Waals surface area contributed by atoms with E-state index in [2.05, 4.69) is 22.5 Å². The molecule has 0 unspecified atom stereocenters. The van der Waals surface area contributed by atoms with Crippen LogP contribution in [0, 0.1) is 0 Å². The number of nitrogens with one attached hydrogen (secondary N) is 3. The van der Waals surface area contributed by atoms with Gasteiger partial charge in [-0.05, 0) is 35.1 Å². The smallest absolute Gasteiger partial charge is 0.407 e. The molecule has 1 aliphatic heterocycles. The quantitative estimate of drug-likeness (QED) is 0.111. The Labute approximate surface area is 334 Å². The highest BCUT2D eigenvalue weighted by molar-refractivity contribution is 5.86. The van der Waals surface area contributed by atoms with Gasteiger partial charge in [-0.2, -0.15) is 0 Å². The van der Waals surface area contributed by atoms with Crippen molar-refractivity contribution in [3.05, 3.63) is 72.3 Å². The molecule has 58 heavy (non-hydrogen) atoms. The second-order valence-electron chi connectivity index (χ2n) is 13.2. The molecular weight excluding hydrogens is 762 g/mol. The van der Waals surface area contributed by atoms with Gasteiger partial charge in [0.15, 0.2) is 30.6 Å². The first-order valence-electron chi connectivity index (χ1n) is 18.4. The maximum Gasteiger partial charge on any atom is 0.407 e. The molecule has 0 saturated carbocycles. The van der Waals surface area contributed by atoms with E-state index >= 15 is 0 Å². The third-order valence-electron chi connectivity index (χ3n) is 9.02. The van der Waals surface area contributed by atoms with Crippen molar-refractivity contribution in [2.45, 2.75) is 89.1 Å². The zero-order valence-electron chi connectivity index (χ0n) is 32.5. The largest absolute Gasteiger partial charge is 0.467 e. The summed E-state index contributed by atoms with van der Waals surface area (Å²) in [7, 11) is 1.03. The highest BCUT2D eigenvalue weighted by Gasteiger charge is 2.55. The lowest BCUT2D eigenvalue weighted by Gasteiger charge is -2.43. The number of hydrogen-bond donors (Lipinski definition) is 3. The Hall–Kier alpha value is -6.30. The second kappa shape index (κ2) is 21.3. The molecule has 18 heteroatoms. The normalized spacial score (nSPS) is 19.8. The maximum atomic E-state index is 13.3. The molecule has 18 nitrogen and oxygen atoms in total. The van der Waals surface area contributed by atoms with Gasteiger partial charge in [0.25, 0.3) is 0 Å². The zero-order chi connectivity index (χ0) is 42.4. The van der Waals surface area contributed by atoms with Gasteiger partial charge in [-0.3, -0.25) is 28.8 Å². The Balaban J connectivity index is 1.44. The first kappa shape index (κ1) is 44.4. The molecule has 4 rings (SSSR count). The molecule has 6 atom stereocenters. The summed E-state index contributed by atoms with van der Waals surface area (Å²) in [4.78, 5) is 101. The minimum absolute atomic E-state index is 0.00510. The summed E-state index contributed by atoms with van der Waals surface area (Å²) in [5.41, 5.74) is 4.02. The van der Waals surface area contributed by atoms with Gasteiger partial charge in [-0.15, -0.1) is 0 Å². The lowest BCUT2D eigenvalue weighted by Crippen LogP contribution is -2.67. The molecule has 0 bridgehead atoms. The number of carbonyl (C=O) groups excluding carboxylic acids is 8. The SMILES string of the molecule is C=CCOC(=O)CCNC(=O)[C@H](CCCC(=O)N[C@H]1O[C@H](C(=O)OC)[C@@H](OC(C)=O)[C@H](OC(C)=O)[C@H]1OC(C)=O)NC(=O)OCC1c2ccccc2-c2ccccc21. The third kappa shape index (κ3) is 12.1. The lowest BCUT2D eigenvalue weighted by atomic mass is 9.96. The fourth-order valence-electron chi connectivity index (χ4n) is 6.62. The van der Waals surface area contributed by atoms with E-state index in [0.717, 1.165) is 50.1 Å². The maximum absolute atomic E-state index is 13.3. The van der Waals surface area contributed by atoms with Crippen molar-refractivity contribution in [3.63, 3.8) is 0 Å². The summed E-state index contributed by atoms with van der Waals surface area (Å²) in [6, 6.07) is 14.3. The predicted octanol–water partition coefficient (Wildman–Crippen LogP) is 2.11. The Morgan fingerprint density at radius 1 is 0.793 bits per heavy atom. The summed E-state index contributed by atoms with van der Waals surface area (Å²) in [5, 5.41) is 7.62. The van der Waals surface area contributed by atoms with Crippen molar-refractivity contribution in [1.82, 2.24) is 16.0 Å². The van der Waals surface area contributed by atoms with Crippen molar-refractivity contribution < 1.29 is 71.5 Å². The molecule has 1 fully saturated rings. The molecule has 2 aromatic carbocycles. The lowest BCUT2D eigenvalue weighted by molar-refractivity contribution is -0.252. The van der Waals surface area contributed by atoms with Crippen molar-refractivity contribution in [3.8, 4) is 11.1 Å². The third-order valence-corrected chi connectivity index (χ3v) is 9.02. The molecular formula is C40H47N3O15. The van der Waals surface area contributed by atoms with E-state index in [9.17, 15) is 38.4 Å². The van der Waals surface area contributed by atoms with Crippen LogP contribution < -0.4 is 16.0 Å². The van der Waals surface area contributed by atoms with Crippen LogP contribution in [0.5, 0.6) is 0 Å². The van der Waals surface area contributed by atoms with Gasteiger partial charge in [0, 0.05) is 39.7 Å². The highest BCUT2D eigenvalue weighted by atomic mass is 16.7. The van der Waals surface area contributed by atoms with Crippen molar-refractivity contribution in [2.75, 3.05) is 26.9 Å². The van der Waals surface area contributed by atoms with Gasteiger partial charge in [-0.1, -0.05) is 61.2 Å². The topological polar surface area (TPSA) is 237 Å². The van der Waals surface area contributed by atoms with E-state index in [1.165, 1.54) is 6.08 Å². The molecule has 2 aromatic rings. The summed E-state index contributed by atoms with van der Waals surface area (Å²) in [6.07, 6.45) is -8.26. The number of amides is 3. The molecule has 312 valence electrons. The van der Waals surface area contributed by atoms with Crippen LogP contribution in [0.2, 0.25) is 0 Å². The van der Waals surface area contributed by atoms with Gasteiger partial charge in [0.1, 0.15) is 19.3 Å². The Kier molecular flexibility index (Phi) is 16.3. The van der Waals surface area contributed by atoms with Crippen LogP contribution in [-0.4, -0.2) is 111 Å². The predicted molar refractivity (Wildman–Crippen MR) is 200 cm³/mol. The molecule has 3 amide bonds. The average Bonchev–Trinajstić information content (AvgIpc) is 3.50. The second-order valence-corrected chi connectivity index (χ2v) is 13.2. The van der Waals surface area contributed by atoms with Crippen LogP contribution in [0.1, 0.15) is 63.5 Å². The Morgan fingerprint density at radius 3 is 1.97 bits per heavy atom. The van der Waals surface area contributed by atoms with Crippen LogP contribution in [0.25, 0.3) is 11.1 Å². The van der Waals surface area contributed by atoms with Crippen LogP contribution in [0.4, 0.5) is 4.79 Å². The van der Waals surface area contributed by atoms with E-state index < -0.39 is 84.4 Å². The number of carbonyl (C=O) groups is 8. The molecule has 0 aromatic heterocycles. The van der Waals surface area contributed by atoms with Crippen LogP contribution in [0.3, 0.4) is 0 Å². The van der Waals surface area contributed by atoms with E-state index in [0.29, 0.717) is 0 Å². The van der Waals surface area contributed by atoms with E-state index in [4.69, 9.17) is 33.2 Å². The number of fused-ring (bicyclic) bond motifs is 3. The van der Waals surface area contributed by atoms with Gasteiger partial charge < -0.3 is 49.1 Å². The number of rotatable bonds is 18. The molecule has 1 saturated heterocycles. The summed E-state index contributed by atoms with van der Waals surface area (Å²) < 4.78 is 37.0. The van der Waals surface area contributed by atoms with Crippen LogP contribution in [-0.2, 0) is 66.7 Å². The molecule has 1 aliphatic carbocycles. The van der Waals surface area contributed by atoms with Crippen LogP contribution >= 0.6 is 0 Å². The van der Waals surface area contributed by atoms with Gasteiger partial charge in [0.2, 0.25) is 11.8 Å². The summed E-state index contributed by atoms with van der Waals surface area (Å²) in [5.74, 6) is -5.95. The molecule has 0 spiro atoms. The fraction of sp³-hybridized carbons (Fsp3) is 0.450. The summed E-state index contributed by atoms with van der Waals surface area (Å²) >= 11 is 0. The van der Waals surface area contributed by atoms with E-state index in [-0.39, 0.29) is 51.4 Å². The van der Waals surface area contributed by atoms with E-state index in [1.54, 1.807) is 0 Å². The number of esters is 5. The minimum atomic E-state index is -1.72. The molecule has 3 N–H and O–H groups in total. The van der Waals surface area contributed by atoms with Gasteiger partial charge in [-0.25, -0.2) is 9.59 Å². The van der Waals surface area contributed by atoms with Gasteiger partial charge >= 0.3 is 35.9 Å². The molecule has 1 heterocycles. The minimum Gasteiger partial charge on any atom is -0.467 e. The molecule has 0 radical (unpaired) electrons. The van der Waals surface area contributed by atoms with Gasteiger partial charge in [0.05, 0.1) is 13.5 Å². The molecule has 2 aliphatic rings. The van der Waals surface area contributed by atoms with Crippen LogP contribution in [0.15, 0.2) is 61.2 Å². The number of benzene rings is 2. The number of ether oxygens (including phenoxy) is 7. The first-order chi connectivity index (χ1) is 27.7. The fourth-order valence-corrected chi connectivity index (χ4v) is 6.62. The monoisotopic (exact) mass is 809 g/mol. The zero-order valence-corrected chi connectivity index (χ0v) is 32.5. The van der Waals surface area contributed by atoms with Crippen molar-refractivity contribution in [2.24, 2.45) is 0 Å². The number of methoxy groups -OCH3 is 1. The summed E-state index contributed by atoms with van der Waals surface area (Å²) in [6.45, 7) is 6.42. The first-order valence-corrected chi connectivity index (χ1v) is 18.4. The number of hydrogen-bond acceptors (Lipinski definition) is 15. The van der Waals surface area contributed by atoms with E-state index in [1.807, 2.05) is 48.5 Å².